The van der Waals surface area contributed by atoms with Crippen molar-refractivity contribution in [1.82, 2.24) is 15.1 Å². The number of hydrogen-bond donors (Lipinski definition) is 1. The van der Waals surface area contributed by atoms with Gasteiger partial charge in [-0.05, 0) is 24.5 Å². The van der Waals surface area contributed by atoms with E-state index in [-0.39, 0.29) is 6.42 Å². The van der Waals surface area contributed by atoms with Crippen molar-refractivity contribution < 1.29 is 23.1 Å². The Kier molecular flexibility index (Phi) is 5.34. The zero-order chi connectivity index (χ0) is 17.0. The maximum atomic E-state index is 12.5. The first-order valence-electron chi connectivity index (χ1n) is 6.78. The molecule has 1 unspecified atom stereocenters. The minimum absolute atomic E-state index is 0.255. The van der Waals surface area contributed by atoms with Crippen molar-refractivity contribution in [2.75, 3.05) is 5.88 Å². The van der Waals surface area contributed by atoms with Gasteiger partial charge in [-0.2, -0.15) is 28.4 Å². The van der Waals surface area contributed by atoms with E-state index in [1.165, 1.54) is 22.9 Å². The highest BCUT2D eigenvalue weighted by molar-refractivity contribution is 8.12. The third-order valence-corrected chi connectivity index (χ3v) is 3.92. The van der Waals surface area contributed by atoms with Crippen molar-refractivity contribution in [1.29, 1.82) is 0 Å². The Bertz CT molecular complexity index is 580. The van der Waals surface area contributed by atoms with Crippen LogP contribution in [0.2, 0.25) is 0 Å². The lowest BCUT2D eigenvalue weighted by molar-refractivity contribution is -0.141. The first kappa shape index (κ1) is 17.4. The summed E-state index contributed by atoms with van der Waals surface area (Å²) in [5.41, 5.74) is 1.11. The Balaban J connectivity index is 2.14. The molecule has 6 nitrogen and oxygen atoms in total. The topological polar surface area (TPSA) is 69.0 Å². The predicted octanol–water partition coefficient (Wildman–Crippen LogP) is 3.27. The molecule has 126 valence electrons. The second kappa shape index (κ2) is 7.07. The van der Waals surface area contributed by atoms with Gasteiger partial charge in [-0.15, -0.1) is 0 Å². The summed E-state index contributed by atoms with van der Waals surface area (Å²) in [5, 5.41) is 15.8. The van der Waals surface area contributed by atoms with Crippen molar-refractivity contribution in [2.45, 2.75) is 32.0 Å². The van der Waals surface area contributed by atoms with Gasteiger partial charge in [0.15, 0.2) is 0 Å². The van der Waals surface area contributed by atoms with Gasteiger partial charge >= 0.3 is 12.3 Å². The highest BCUT2D eigenvalue weighted by atomic mass is 32.2. The van der Waals surface area contributed by atoms with Gasteiger partial charge in [0, 0.05) is 6.20 Å². The standard InChI is InChI=1S/C13H15F3N4O2S/c1-2-10(20(12(21)22)19-8-23-7-18-19)5-9-3-4-11(17-6-9)13(14,15)16/h3-4,6-7,10H,2,5,8H2,1H3,(H,21,22). The molecule has 0 aromatic carbocycles. The van der Waals surface area contributed by atoms with Crippen molar-refractivity contribution in [2.24, 2.45) is 5.10 Å². The first-order chi connectivity index (χ1) is 10.8. The smallest absolute Gasteiger partial charge is 0.433 e. The Morgan fingerprint density at radius 3 is 2.70 bits per heavy atom. The van der Waals surface area contributed by atoms with Crippen LogP contribution in [-0.4, -0.2) is 43.8 Å². The number of hydrazone groups is 1. The number of halogens is 3. The molecule has 1 aliphatic rings. The van der Waals surface area contributed by atoms with E-state index in [2.05, 4.69) is 10.1 Å². The van der Waals surface area contributed by atoms with E-state index in [9.17, 15) is 23.1 Å². The van der Waals surface area contributed by atoms with Gasteiger partial charge < -0.3 is 5.11 Å². The Morgan fingerprint density at radius 2 is 2.26 bits per heavy atom. The number of carboxylic acid groups (broad SMARTS) is 1. The summed E-state index contributed by atoms with van der Waals surface area (Å²) >= 11 is 1.36. The molecule has 1 atom stereocenters. The van der Waals surface area contributed by atoms with Crippen LogP contribution in [0.3, 0.4) is 0 Å². The summed E-state index contributed by atoms with van der Waals surface area (Å²) in [7, 11) is 0. The van der Waals surface area contributed by atoms with Crippen LogP contribution in [0.25, 0.3) is 0 Å². The molecule has 0 saturated heterocycles. The molecule has 0 spiro atoms. The molecule has 0 aliphatic carbocycles. The van der Waals surface area contributed by atoms with Gasteiger partial charge in [0.05, 0.1) is 11.6 Å². The second-order valence-electron chi connectivity index (χ2n) is 4.83. The second-order valence-corrected chi connectivity index (χ2v) is 5.63. The molecule has 10 heteroatoms. The number of carbonyl (C=O) groups is 1. The van der Waals surface area contributed by atoms with Crippen LogP contribution < -0.4 is 0 Å². The summed E-state index contributed by atoms with van der Waals surface area (Å²) in [6.07, 6.45) is -3.77. The Hall–Kier alpha value is -1.97. The van der Waals surface area contributed by atoms with Crippen molar-refractivity contribution >= 4 is 23.4 Å². The number of alkyl halides is 3. The third-order valence-electron chi connectivity index (χ3n) is 3.29. The van der Waals surface area contributed by atoms with Crippen molar-refractivity contribution in [3.63, 3.8) is 0 Å². The van der Waals surface area contributed by atoms with E-state index in [1.54, 1.807) is 5.55 Å². The van der Waals surface area contributed by atoms with Crippen LogP contribution in [-0.2, 0) is 12.6 Å². The van der Waals surface area contributed by atoms with E-state index in [0.717, 1.165) is 17.3 Å². The van der Waals surface area contributed by atoms with Crippen LogP contribution in [0.15, 0.2) is 23.4 Å². The number of amides is 1. The van der Waals surface area contributed by atoms with Crippen LogP contribution >= 0.6 is 11.8 Å². The molecular weight excluding hydrogens is 333 g/mol. The molecule has 1 aromatic rings. The lowest BCUT2D eigenvalue weighted by Crippen LogP contribution is -2.49. The Labute approximate surface area is 134 Å². The summed E-state index contributed by atoms with van der Waals surface area (Å²) in [5.74, 6) is 0.383. The van der Waals surface area contributed by atoms with E-state index >= 15 is 0 Å². The molecule has 0 bridgehead atoms. The maximum absolute atomic E-state index is 12.5. The zero-order valence-electron chi connectivity index (χ0n) is 12.2. The van der Waals surface area contributed by atoms with Crippen LogP contribution in [0.5, 0.6) is 0 Å². The van der Waals surface area contributed by atoms with Crippen molar-refractivity contribution in [3.8, 4) is 0 Å². The number of aromatic nitrogens is 1. The number of nitrogens with zero attached hydrogens (tertiary/aromatic N) is 4. The third kappa shape index (κ3) is 4.27. The molecule has 0 radical (unpaired) electrons. The highest BCUT2D eigenvalue weighted by Crippen LogP contribution is 2.27. The zero-order valence-corrected chi connectivity index (χ0v) is 13.0. The minimum Gasteiger partial charge on any atom is -0.464 e. The first-order valence-corrected chi connectivity index (χ1v) is 7.83. The van der Waals surface area contributed by atoms with Gasteiger partial charge in [0.1, 0.15) is 11.6 Å². The van der Waals surface area contributed by atoms with E-state index in [0.29, 0.717) is 17.9 Å². The van der Waals surface area contributed by atoms with E-state index < -0.39 is 24.0 Å². The molecule has 2 rings (SSSR count). The molecule has 1 amide bonds. The average molecular weight is 348 g/mol. The monoisotopic (exact) mass is 348 g/mol. The van der Waals surface area contributed by atoms with Gasteiger partial charge in [0.25, 0.3) is 0 Å². The number of rotatable bonds is 5. The number of thioether (sulfide) groups is 1. The predicted molar refractivity (Wildman–Crippen MR) is 79.7 cm³/mol. The van der Waals surface area contributed by atoms with E-state index in [1.807, 2.05) is 6.92 Å². The maximum Gasteiger partial charge on any atom is 0.433 e. The van der Waals surface area contributed by atoms with E-state index in [4.69, 9.17) is 0 Å². The van der Waals surface area contributed by atoms with Gasteiger partial charge in [-0.1, -0.05) is 24.8 Å². The lowest BCUT2D eigenvalue weighted by Gasteiger charge is -2.33. The Morgan fingerprint density at radius 1 is 1.52 bits per heavy atom. The van der Waals surface area contributed by atoms with Gasteiger partial charge in [-0.3, -0.25) is 4.98 Å². The molecular formula is C13H15F3N4O2S. The summed E-state index contributed by atoms with van der Waals surface area (Å²) in [6, 6.07) is 1.78. The van der Waals surface area contributed by atoms with Crippen molar-refractivity contribution in [3.05, 3.63) is 29.6 Å². The van der Waals surface area contributed by atoms with Gasteiger partial charge in [-0.25, -0.2) is 4.79 Å². The molecule has 23 heavy (non-hydrogen) atoms. The minimum atomic E-state index is -4.49. The fourth-order valence-corrected chi connectivity index (χ4v) is 2.74. The van der Waals surface area contributed by atoms with Gasteiger partial charge in [0.2, 0.25) is 0 Å². The summed E-state index contributed by atoms with van der Waals surface area (Å²) in [6.45, 7) is 1.81. The SMILES string of the molecule is CCC(Cc1ccc(C(F)(F)F)nc1)N(C(=O)O)N1CSC=N1. The summed E-state index contributed by atoms with van der Waals surface area (Å²) in [4.78, 5) is 14.9. The van der Waals surface area contributed by atoms with Crippen LogP contribution in [0.1, 0.15) is 24.6 Å². The highest BCUT2D eigenvalue weighted by Gasteiger charge is 2.33. The molecule has 1 aliphatic heterocycles. The molecule has 0 saturated carbocycles. The van der Waals surface area contributed by atoms with Crippen LogP contribution in [0, 0.1) is 0 Å². The average Bonchev–Trinajstić information content (AvgIpc) is 2.99. The number of pyridine rings is 1. The molecule has 2 heterocycles. The number of hydrazine groups is 1. The lowest BCUT2D eigenvalue weighted by atomic mass is 10.0. The molecule has 0 fully saturated rings. The molecule has 1 N–H and O–H groups in total. The molecule has 1 aromatic heterocycles. The summed E-state index contributed by atoms with van der Waals surface area (Å²) < 4.78 is 37.5. The fourth-order valence-electron chi connectivity index (χ4n) is 2.17. The van der Waals surface area contributed by atoms with Crippen LogP contribution in [0.4, 0.5) is 18.0 Å². The number of hydrogen-bond acceptors (Lipinski definition) is 5. The largest absolute Gasteiger partial charge is 0.464 e. The fraction of sp³-hybridized carbons (Fsp3) is 0.462. The normalized spacial score (nSPS) is 15.7. The quantitative estimate of drug-likeness (QED) is 0.884.